The lowest BCUT2D eigenvalue weighted by molar-refractivity contribution is -0.0268. The van der Waals surface area contributed by atoms with Crippen LogP contribution >= 0.6 is 0 Å². The first kappa shape index (κ1) is 6.39. The number of alkyl halides is 2. The van der Waals surface area contributed by atoms with E-state index in [0.29, 0.717) is 12.0 Å². The van der Waals surface area contributed by atoms with Crippen LogP contribution in [-0.2, 0) is 5.92 Å². The Morgan fingerprint density at radius 3 is 3.00 bits per heavy atom. The molecular weight excluding hydrogens is 164 g/mol. The highest BCUT2D eigenvalue weighted by Gasteiger charge is 2.65. The molecule has 1 aromatic heterocycles. The molecule has 1 fully saturated rings. The van der Waals surface area contributed by atoms with E-state index in [0.717, 1.165) is 0 Å². The summed E-state index contributed by atoms with van der Waals surface area (Å²) in [6.07, 6.45) is 0.559. The molecule has 2 aliphatic carbocycles. The minimum atomic E-state index is -2.72. The van der Waals surface area contributed by atoms with Gasteiger partial charge in [-0.3, -0.25) is 5.10 Å². The van der Waals surface area contributed by atoms with Crippen molar-refractivity contribution < 1.29 is 8.78 Å². The second kappa shape index (κ2) is 1.48. The van der Waals surface area contributed by atoms with E-state index in [9.17, 15) is 8.78 Å². The van der Waals surface area contributed by atoms with E-state index in [-0.39, 0.29) is 17.4 Å². The summed E-state index contributed by atoms with van der Waals surface area (Å²) in [5.41, 5.74) is 5.96. The number of aromatic nitrogens is 2. The van der Waals surface area contributed by atoms with E-state index < -0.39 is 11.8 Å². The quantitative estimate of drug-likeness (QED) is 0.616. The summed E-state index contributed by atoms with van der Waals surface area (Å²) in [5.74, 6) is -3.02. The predicted octanol–water partition coefficient (Wildman–Crippen LogP) is 1.20. The van der Waals surface area contributed by atoms with Crippen LogP contribution in [0.3, 0.4) is 0 Å². The maximum absolute atomic E-state index is 13.3. The number of hydrogen-bond donors (Lipinski definition) is 2. The van der Waals surface area contributed by atoms with Gasteiger partial charge in [0.15, 0.2) is 0 Å². The first-order chi connectivity index (χ1) is 5.62. The fraction of sp³-hybridized carbons (Fsp3) is 0.571. The summed E-state index contributed by atoms with van der Waals surface area (Å²) in [6.45, 7) is 0. The van der Waals surface area contributed by atoms with Gasteiger partial charge in [-0.1, -0.05) is 0 Å². The molecule has 2 unspecified atom stereocenters. The molecule has 64 valence electrons. The number of aromatic amines is 1. The van der Waals surface area contributed by atoms with Crippen molar-refractivity contribution in [2.24, 2.45) is 5.92 Å². The van der Waals surface area contributed by atoms with Crippen LogP contribution in [0.25, 0.3) is 0 Å². The van der Waals surface area contributed by atoms with Crippen molar-refractivity contribution in [3.63, 3.8) is 0 Å². The molecule has 5 heteroatoms. The third-order valence-corrected chi connectivity index (χ3v) is 2.79. The molecule has 0 aromatic carbocycles. The Labute approximate surface area is 66.9 Å². The van der Waals surface area contributed by atoms with Gasteiger partial charge in [0, 0.05) is 11.5 Å². The summed E-state index contributed by atoms with van der Waals surface area (Å²) >= 11 is 0. The molecule has 0 radical (unpaired) electrons. The molecule has 0 amide bonds. The van der Waals surface area contributed by atoms with E-state index in [1.165, 1.54) is 0 Å². The summed E-state index contributed by atoms with van der Waals surface area (Å²) in [5, 5.41) is 5.90. The third-order valence-electron chi connectivity index (χ3n) is 2.79. The number of nitrogens with zero attached hydrogens (tertiary/aromatic N) is 1. The molecule has 1 aromatic rings. The van der Waals surface area contributed by atoms with Gasteiger partial charge in [-0.05, 0) is 12.3 Å². The van der Waals surface area contributed by atoms with Crippen molar-refractivity contribution in [1.29, 1.82) is 0 Å². The van der Waals surface area contributed by atoms with Gasteiger partial charge in [-0.2, -0.15) is 13.9 Å². The summed E-state index contributed by atoms with van der Waals surface area (Å²) in [4.78, 5) is 0. The van der Waals surface area contributed by atoms with E-state index in [1.54, 1.807) is 0 Å². The average Bonchev–Trinajstić information content (AvgIpc) is 2.64. The van der Waals surface area contributed by atoms with Crippen molar-refractivity contribution in [2.45, 2.75) is 18.3 Å². The molecule has 0 spiro atoms. The number of halogens is 2. The van der Waals surface area contributed by atoms with Crippen LogP contribution in [0.15, 0.2) is 0 Å². The van der Waals surface area contributed by atoms with Gasteiger partial charge in [0.25, 0.3) is 5.92 Å². The minimum Gasteiger partial charge on any atom is -0.382 e. The molecule has 2 aliphatic rings. The highest BCUT2D eigenvalue weighted by atomic mass is 19.3. The van der Waals surface area contributed by atoms with Gasteiger partial charge in [0.2, 0.25) is 0 Å². The molecule has 3 N–H and O–H groups in total. The zero-order chi connectivity index (χ0) is 8.51. The van der Waals surface area contributed by atoms with Crippen LogP contribution in [0, 0.1) is 5.92 Å². The number of anilines is 1. The van der Waals surface area contributed by atoms with Crippen LogP contribution in [0.4, 0.5) is 14.6 Å². The maximum Gasteiger partial charge on any atom is 0.292 e. The zero-order valence-electron chi connectivity index (χ0n) is 6.14. The topological polar surface area (TPSA) is 54.7 Å². The number of H-pyrrole nitrogens is 1. The second-order valence-corrected chi connectivity index (χ2v) is 3.47. The third kappa shape index (κ3) is 0.479. The number of nitrogens with two attached hydrogens (primary N) is 1. The summed E-state index contributed by atoms with van der Waals surface area (Å²) < 4.78 is 26.5. The van der Waals surface area contributed by atoms with Crippen LogP contribution < -0.4 is 5.73 Å². The SMILES string of the molecule is Nc1n[nH]c2c1C1CC1C2(F)F. The lowest BCUT2D eigenvalue weighted by atomic mass is 10.1. The highest BCUT2D eigenvalue weighted by molar-refractivity contribution is 5.54. The Balaban J connectivity index is 2.27. The number of rotatable bonds is 0. The smallest absolute Gasteiger partial charge is 0.292 e. The largest absolute Gasteiger partial charge is 0.382 e. The number of fused-ring (bicyclic) bond motifs is 3. The van der Waals surface area contributed by atoms with Gasteiger partial charge in [-0.25, -0.2) is 0 Å². The van der Waals surface area contributed by atoms with Crippen molar-refractivity contribution in [3.8, 4) is 0 Å². The Morgan fingerprint density at radius 2 is 2.33 bits per heavy atom. The fourth-order valence-electron chi connectivity index (χ4n) is 2.09. The van der Waals surface area contributed by atoms with E-state index in [1.807, 2.05) is 0 Å². The Bertz CT molecular complexity index is 358. The number of nitrogen functional groups attached to an aromatic ring is 1. The molecule has 2 atom stereocenters. The molecule has 0 aliphatic heterocycles. The molecule has 3 nitrogen and oxygen atoms in total. The monoisotopic (exact) mass is 171 g/mol. The molecule has 12 heavy (non-hydrogen) atoms. The maximum atomic E-state index is 13.3. The zero-order valence-corrected chi connectivity index (χ0v) is 6.14. The lowest BCUT2D eigenvalue weighted by Crippen LogP contribution is -2.13. The Hall–Kier alpha value is -1.13. The van der Waals surface area contributed by atoms with Gasteiger partial charge >= 0.3 is 0 Å². The average molecular weight is 171 g/mol. The van der Waals surface area contributed by atoms with E-state index in [4.69, 9.17) is 5.73 Å². The summed E-state index contributed by atoms with van der Waals surface area (Å²) in [6, 6.07) is 0. The number of hydrogen-bond acceptors (Lipinski definition) is 2. The Morgan fingerprint density at radius 1 is 1.58 bits per heavy atom. The standard InChI is InChI=1S/C7H7F2N3/c8-7(9)3-1-2(3)4-5(7)11-12-6(4)10/h2-3H,1H2,(H3,10,11,12). The van der Waals surface area contributed by atoms with E-state index in [2.05, 4.69) is 10.2 Å². The normalized spacial score (nSPS) is 34.5. The van der Waals surface area contributed by atoms with Gasteiger partial charge in [-0.15, -0.1) is 0 Å². The van der Waals surface area contributed by atoms with Crippen LogP contribution in [0.1, 0.15) is 23.6 Å². The predicted molar refractivity (Wildman–Crippen MR) is 37.7 cm³/mol. The van der Waals surface area contributed by atoms with Crippen molar-refractivity contribution in [1.82, 2.24) is 10.2 Å². The molecular formula is C7H7F2N3. The first-order valence-electron chi connectivity index (χ1n) is 3.84. The Kier molecular flexibility index (Phi) is 0.791. The van der Waals surface area contributed by atoms with Crippen LogP contribution in [0.2, 0.25) is 0 Å². The van der Waals surface area contributed by atoms with Crippen LogP contribution in [-0.4, -0.2) is 10.2 Å². The van der Waals surface area contributed by atoms with Crippen molar-refractivity contribution >= 4 is 5.82 Å². The highest BCUT2D eigenvalue weighted by Crippen LogP contribution is 2.67. The minimum absolute atomic E-state index is 0.0336. The second-order valence-electron chi connectivity index (χ2n) is 3.47. The molecule has 0 bridgehead atoms. The van der Waals surface area contributed by atoms with Gasteiger partial charge < -0.3 is 5.73 Å². The van der Waals surface area contributed by atoms with Crippen molar-refractivity contribution in [3.05, 3.63) is 11.3 Å². The molecule has 1 heterocycles. The lowest BCUT2D eigenvalue weighted by Gasteiger charge is -2.09. The van der Waals surface area contributed by atoms with Gasteiger partial charge in [0.05, 0.1) is 0 Å². The molecule has 3 rings (SSSR count). The summed E-state index contributed by atoms with van der Waals surface area (Å²) in [7, 11) is 0. The first-order valence-corrected chi connectivity index (χ1v) is 3.84. The van der Waals surface area contributed by atoms with Gasteiger partial charge in [0.1, 0.15) is 11.5 Å². The molecule has 0 saturated heterocycles. The molecule has 1 saturated carbocycles. The van der Waals surface area contributed by atoms with Crippen LogP contribution in [0.5, 0.6) is 0 Å². The van der Waals surface area contributed by atoms with Crippen molar-refractivity contribution in [2.75, 3.05) is 5.73 Å². The fourth-order valence-corrected chi connectivity index (χ4v) is 2.09. The van der Waals surface area contributed by atoms with E-state index >= 15 is 0 Å². The number of nitrogens with one attached hydrogen (secondary N) is 1.